The average Bonchev–Trinajstić information content (AvgIpc) is 2.75. The van der Waals surface area contributed by atoms with E-state index in [0.717, 1.165) is 34.4 Å². The van der Waals surface area contributed by atoms with Crippen molar-refractivity contribution in [3.8, 4) is 11.1 Å². The maximum absolute atomic E-state index is 12.2. The van der Waals surface area contributed by atoms with E-state index in [2.05, 4.69) is 26.6 Å². The molecule has 0 saturated carbocycles. The number of halogens is 1. The summed E-state index contributed by atoms with van der Waals surface area (Å²) in [6.07, 6.45) is 4.75. The van der Waals surface area contributed by atoms with Gasteiger partial charge in [0.1, 0.15) is 0 Å². The quantitative estimate of drug-likeness (QED) is 0.718. The third kappa shape index (κ3) is 4.09. The van der Waals surface area contributed by atoms with Crippen molar-refractivity contribution in [2.24, 2.45) is 0 Å². The lowest BCUT2D eigenvalue weighted by Gasteiger charge is -2.26. The number of benzene rings is 1. The lowest BCUT2D eigenvalue weighted by molar-refractivity contribution is -0.118. The zero-order valence-corrected chi connectivity index (χ0v) is 16.5. The number of rotatable bonds is 4. The Morgan fingerprint density at radius 2 is 1.97 bits per heavy atom. The van der Waals surface area contributed by atoms with Gasteiger partial charge >= 0.3 is 0 Å². The van der Waals surface area contributed by atoms with Crippen LogP contribution >= 0.6 is 11.6 Å². The van der Waals surface area contributed by atoms with E-state index in [9.17, 15) is 9.59 Å². The van der Waals surface area contributed by atoms with Gasteiger partial charge in [0, 0.05) is 43.7 Å². The minimum Gasteiger partial charge on any atom is -0.347 e. The molecule has 0 spiro atoms. The van der Waals surface area contributed by atoms with Crippen molar-refractivity contribution in [2.45, 2.75) is 19.4 Å². The van der Waals surface area contributed by atoms with Crippen molar-refractivity contribution in [1.29, 1.82) is 0 Å². The molecule has 7 nitrogen and oxygen atoms in total. The summed E-state index contributed by atoms with van der Waals surface area (Å²) in [5, 5.41) is 10.5. The molecule has 0 atom stereocenters. The molecule has 3 aromatic rings. The minimum absolute atomic E-state index is 0.134. The predicted molar refractivity (Wildman–Crippen MR) is 110 cm³/mol. The standard InChI is InChI=1S/C21H18ClN5O2/c1-27-18-5-2-14(9-15(18)3-7-20(27)28)16-8-13(10-23-12-16)11-24-21(29)17-4-6-19(22)26-25-17/h2,4-6,8-10,12H,3,7,11H2,1H3,(H,24,29). The van der Waals surface area contributed by atoms with E-state index in [4.69, 9.17) is 11.6 Å². The van der Waals surface area contributed by atoms with Crippen LogP contribution in [0.1, 0.15) is 28.0 Å². The summed E-state index contributed by atoms with van der Waals surface area (Å²) < 4.78 is 0. The molecular formula is C21H18ClN5O2. The molecule has 0 bridgehead atoms. The lowest BCUT2D eigenvalue weighted by Crippen LogP contribution is -2.30. The molecule has 1 aliphatic heterocycles. The average molecular weight is 408 g/mol. The largest absolute Gasteiger partial charge is 0.347 e. The Balaban J connectivity index is 1.50. The first-order valence-electron chi connectivity index (χ1n) is 9.12. The second-order valence-electron chi connectivity index (χ2n) is 6.80. The normalized spacial score (nSPS) is 13.2. The molecule has 2 amide bonds. The fraction of sp³-hybridized carbons (Fsp3) is 0.190. The van der Waals surface area contributed by atoms with E-state index >= 15 is 0 Å². The van der Waals surface area contributed by atoms with Crippen molar-refractivity contribution in [2.75, 3.05) is 11.9 Å². The molecule has 0 unspecified atom stereocenters. The second-order valence-corrected chi connectivity index (χ2v) is 7.19. The van der Waals surface area contributed by atoms with E-state index in [-0.39, 0.29) is 22.7 Å². The van der Waals surface area contributed by atoms with Crippen LogP contribution in [0.3, 0.4) is 0 Å². The number of aromatic nitrogens is 3. The number of hydrogen-bond acceptors (Lipinski definition) is 5. The molecular weight excluding hydrogens is 390 g/mol. The molecule has 1 aliphatic rings. The number of anilines is 1. The van der Waals surface area contributed by atoms with E-state index in [1.54, 1.807) is 24.3 Å². The number of nitrogens with one attached hydrogen (secondary N) is 1. The maximum atomic E-state index is 12.2. The summed E-state index contributed by atoms with van der Waals surface area (Å²) in [5.41, 5.74) is 5.13. The number of amides is 2. The first-order chi connectivity index (χ1) is 14.0. The maximum Gasteiger partial charge on any atom is 0.272 e. The Morgan fingerprint density at radius 3 is 2.76 bits per heavy atom. The summed E-state index contributed by atoms with van der Waals surface area (Å²) in [5.74, 6) is -0.198. The Bertz CT molecular complexity index is 1080. The Kier molecular flexibility index (Phi) is 5.22. The van der Waals surface area contributed by atoms with Gasteiger partial charge in [-0.15, -0.1) is 10.2 Å². The fourth-order valence-corrected chi connectivity index (χ4v) is 3.39. The highest BCUT2D eigenvalue weighted by Crippen LogP contribution is 2.31. The summed E-state index contributed by atoms with van der Waals surface area (Å²) in [7, 11) is 1.80. The van der Waals surface area contributed by atoms with Crippen molar-refractivity contribution in [3.05, 3.63) is 70.8 Å². The van der Waals surface area contributed by atoms with Crippen molar-refractivity contribution >= 4 is 29.1 Å². The zero-order valence-electron chi connectivity index (χ0n) is 15.7. The number of aryl methyl sites for hydroxylation is 1. The molecule has 3 heterocycles. The first-order valence-corrected chi connectivity index (χ1v) is 9.50. The number of carbonyl (C=O) groups excluding carboxylic acids is 2. The molecule has 1 aromatic carbocycles. The molecule has 0 radical (unpaired) electrons. The Morgan fingerprint density at radius 1 is 1.10 bits per heavy atom. The summed E-state index contributed by atoms with van der Waals surface area (Å²) in [6, 6.07) is 11.1. The molecule has 4 rings (SSSR count). The van der Waals surface area contributed by atoms with Gasteiger partial charge in [0.05, 0.1) is 0 Å². The van der Waals surface area contributed by atoms with Crippen molar-refractivity contribution < 1.29 is 9.59 Å². The highest BCUT2D eigenvalue weighted by Gasteiger charge is 2.21. The van der Waals surface area contributed by atoms with Gasteiger partial charge < -0.3 is 10.2 Å². The van der Waals surface area contributed by atoms with Gasteiger partial charge in [-0.1, -0.05) is 17.7 Å². The molecule has 0 saturated heterocycles. The van der Waals surface area contributed by atoms with Crippen molar-refractivity contribution in [3.63, 3.8) is 0 Å². The highest BCUT2D eigenvalue weighted by molar-refractivity contribution is 6.29. The summed E-state index contributed by atoms with van der Waals surface area (Å²) >= 11 is 5.69. The second kappa shape index (κ2) is 7.97. The smallest absolute Gasteiger partial charge is 0.272 e. The van der Waals surface area contributed by atoms with Gasteiger partial charge in [-0.2, -0.15) is 0 Å². The van der Waals surface area contributed by atoms with E-state index in [0.29, 0.717) is 13.0 Å². The molecule has 2 aromatic heterocycles. The van der Waals surface area contributed by atoms with Gasteiger partial charge in [0.15, 0.2) is 10.8 Å². The first kappa shape index (κ1) is 19.0. The number of hydrogen-bond donors (Lipinski definition) is 1. The van der Waals surface area contributed by atoms with Crippen LogP contribution in [-0.2, 0) is 17.8 Å². The molecule has 0 aliphatic carbocycles. The third-order valence-corrected chi connectivity index (χ3v) is 5.07. The van der Waals surface area contributed by atoms with Crippen LogP contribution in [-0.4, -0.2) is 34.0 Å². The van der Waals surface area contributed by atoms with Crippen LogP contribution in [0.4, 0.5) is 5.69 Å². The SMILES string of the molecule is CN1C(=O)CCc2cc(-c3cncc(CNC(=O)c4ccc(Cl)nn4)c3)ccc21. The van der Waals surface area contributed by atoms with Gasteiger partial charge in [-0.25, -0.2) is 0 Å². The van der Waals surface area contributed by atoms with Crippen molar-refractivity contribution in [1.82, 2.24) is 20.5 Å². The fourth-order valence-electron chi connectivity index (χ4n) is 3.29. The van der Waals surface area contributed by atoms with Crippen LogP contribution in [0.5, 0.6) is 0 Å². The molecule has 1 N–H and O–H groups in total. The lowest BCUT2D eigenvalue weighted by atomic mass is 9.96. The monoisotopic (exact) mass is 407 g/mol. The van der Waals surface area contributed by atoms with E-state index in [1.165, 1.54) is 12.1 Å². The zero-order chi connectivity index (χ0) is 20.4. The number of carbonyl (C=O) groups is 2. The highest BCUT2D eigenvalue weighted by atomic mass is 35.5. The summed E-state index contributed by atoms with van der Waals surface area (Å²) in [6.45, 7) is 0.312. The van der Waals surface area contributed by atoms with Crippen LogP contribution in [0.15, 0.2) is 48.8 Å². The molecule has 146 valence electrons. The molecule has 8 heteroatoms. The van der Waals surface area contributed by atoms with E-state index < -0.39 is 0 Å². The molecule has 29 heavy (non-hydrogen) atoms. The van der Waals surface area contributed by atoms with Crippen LogP contribution in [0.25, 0.3) is 11.1 Å². The molecule has 0 fully saturated rings. The Hall–Kier alpha value is -3.32. The summed E-state index contributed by atoms with van der Waals surface area (Å²) in [4.78, 5) is 30.1. The Labute approximate surface area is 172 Å². The number of fused-ring (bicyclic) bond motifs is 1. The third-order valence-electron chi connectivity index (χ3n) is 4.87. The number of nitrogens with zero attached hydrogens (tertiary/aromatic N) is 4. The van der Waals surface area contributed by atoms with Crippen LogP contribution < -0.4 is 10.2 Å². The minimum atomic E-state index is -0.332. The number of pyridine rings is 1. The van der Waals surface area contributed by atoms with Gasteiger partial charge in [0.25, 0.3) is 5.91 Å². The topological polar surface area (TPSA) is 88.1 Å². The van der Waals surface area contributed by atoms with Gasteiger partial charge in [-0.3, -0.25) is 14.6 Å². The van der Waals surface area contributed by atoms with E-state index in [1.807, 2.05) is 18.2 Å². The van der Waals surface area contributed by atoms with Gasteiger partial charge in [-0.05, 0) is 53.4 Å². The van der Waals surface area contributed by atoms with Crippen LogP contribution in [0, 0.1) is 0 Å². The van der Waals surface area contributed by atoms with Gasteiger partial charge in [0.2, 0.25) is 5.91 Å². The predicted octanol–water partition coefficient (Wildman–Crippen LogP) is 3.03. The van der Waals surface area contributed by atoms with Crippen LogP contribution in [0.2, 0.25) is 5.15 Å².